The highest BCUT2D eigenvalue weighted by atomic mass is 79.9. The fourth-order valence-corrected chi connectivity index (χ4v) is 1.33. The molecule has 1 rings (SSSR count). The molecule has 0 fully saturated rings. The lowest BCUT2D eigenvalue weighted by atomic mass is 10.1. The van der Waals surface area contributed by atoms with Crippen LogP contribution in [0.1, 0.15) is 0 Å². The van der Waals surface area contributed by atoms with Crippen LogP contribution >= 0.6 is 27.5 Å². The van der Waals surface area contributed by atoms with Crippen molar-refractivity contribution >= 4 is 27.5 Å². The quantitative estimate of drug-likeness (QED) is 0.449. The normalized spacial score (nSPS) is 33.7. The number of alkyl halides is 2. The van der Waals surface area contributed by atoms with Crippen molar-refractivity contribution in [3.05, 3.63) is 33.8 Å². The Bertz CT molecular complexity index is 315. The van der Waals surface area contributed by atoms with E-state index in [1.165, 1.54) is 0 Å². The van der Waals surface area contributed by atoms with Gasteiger partial charge < -0.3 is 5.11 Å². The standard InChI is InChI=1S/C6H4BrClFNO3/c7-6(11)2-3(9)4(10(12)13)1-5(6)8/h1-2,5,11H. The van der Waals surface area contributed by atoms with Crippen molar-refractivity contribution in [2.24, 2.45) is 0 Å². The van der Waals surface area contributed by atoms with Gasteiger partial charge in [-0.05, 0) is 15.9 Å². The summed E-state index contributed by atoms with van der Waals surface area (Å²) in [6.07, 6.45) is 1.49. The molecule has 0 spiro atoms. The van der Waals surface area contributed by atoms with Gasteiger partial charge in [-0.25, -0.2) is 0 Å². The van der Waals surface area contributed by atoms with E-state index in [9.17, 15) is 19.6 Å². The van der Waals surface area contributed by atoms with E-state index < -0.39 is 26.3 Å². The molecule has 4 nitrogen and oxygen atoms in total. The largest absolute Gasteiger partial charge is 0.373 e. The second kappa shape index (κ2) is 3.36. The van der Waals surface area contributed by atoms with E-state index in [-0.39, 0.29) is 0 Å². The summed E-state index contributed by atoms with van der Waals surface area (Å²) < 4.78 is 11.1. The molecule has 2 unspecified atom stereocenters. The first kappa shape index (κ1) is 10.6. The van der Waals surface area contributed by atoms with E-state index in [0.717, 1.165) is 6.08 Å². The number of nitrogens with zero attached hydrogens (tertiary/aromatic N) is 1. The highest BCUT2D eigenvalue weighted by Crippen LogP contribution is 2.35. The average molecular weight is 272 g/mol. The third-order valence-corrected chi connectivity index (χ3v) is 2.91. The molecule has 0 amide bonds. The van der Waals surface area contributed by atoms with E-state index in [1.54, 1.807) is 0 Å². The number of aliphatic hydroxyl groups is 1. The maximum Gasteiger partial charge on any atom is 0.302 e. The van der Waals surface area contributed by atoms with Crippen molar-refractivity contribution in [1.29, 1.82) is 0 Å². The van der Waals surface area contributed by atoms with Crippen LogP contribution in [0, 0.1) is 10.1 Å². The number of rotatable bonds is 1. The zero-order valence-corrected chi connectivity index (χ0v) is 8.42. The first-order valence-electron chi connectivity index (χ1n) is 3.15. The average Bonchev–Trinajstić information content (AvgIpc) is 1.95. The smallest absolute Gasteiger partial charge is 0.302 e. The SMILES string of the molecule is O=[N+]([O-])C1=CC(Cl)C(O)(Br)C=C1F. The monoisotopic (exact) mass is 271 g/mol. The minimum Gasteiger partial charge on any atom is -0.373 e. The Morgan fingerprint density at radius 2 is 2.38 bits per heavy atom. The van der Waals surface area contributed by atoms with E-state index in [2.05, 4.69) is 15.9 Å². The Morgan fingerprint density at radius 1 is 1.85 bits per heavy atom. The minimum absolute atomic E-state index is 0.656. The molecule has 0 aromatic rings. The minimum atomic E-state index is -1.77. The molecule has 0 saturated heterocycles. The van der Waals surface area contributed by atoms with Gasteiger partial charge in [0.25, 0.3) is 0 Å². The summed E-state index contributed by atoms with van der Waals surface area (Å²) in [6, 6.07) is 0. The lowest BCUT2D eigenvalue weighted by molar-refractivity contribution is -0.423. The highest BCUT2D eigenvalue weighted by Gasteiger charge is 2.38. The first-order chi connectivity index (χ1) is 5.84. The van der Waals surface area contributed by atoms with Gasteiger partial charge in [0.1, 0.15) is 5.38 Å². The zero-order chi connectivity index (χ0) is 10.2. The zero-order valence-electron chi connectivity index (χ0n) is 6.08. The maximum absolute atomic E-state index is 12.9. The van der Waals surface area contributed by atoms with Crippen LogP contribution in [-0.2, 0) is 0 Å². The van der Waals surface area contributed by atoms with Crippen LogP contribution in [0.4, 0.5) is 4.39 Å². The molecule has 1 aliphatic carbocycles. The van der Waals surface area contributed by atoms with Gasteiger partial charge in [0.15, 0.2) is 10.3 Å². The Morgan fingerprint density at radius 3 is 2.85 bits per heavy atom. The molecule has 0 aliphatic heterocycles. The summed E-state index contributed by atoms with van der Waals surface area (Å²) in [7, 11) is 0. The second-order valence-corrected chi connectivity index (χ2v) is 4.17. The second-order valence-electron chi connectivity index (χ2n) is 2.43. The van der Waals surface area contributed by atoms with Gasteiger partial charge in [-0.1, -0.05) is 0 Å². The highest BCUT2D eigenvalue weighted by molar-refractivity contribution is 9.10. The fraction of sp³-hybridized carbons (Fsp3) is 0.333. The van der Waals surface area contributed by atoms with Crippen LogP contribution < -0.4 is 0 Å². The Labute approximate surface area is 86.0 Å². The molecule has 72 valence electrons. The predicted octanol–water partition coefficient (Wildman–Crippen LogP) is 1.70. The molecule has 13 heavy (non-hydrogen) atoms. The summed E-state index contributed by atoms with van der Waals surface area (Å²) in [5.41, 5.74) is -0.732. The first-order valence-corrected chi connectivity index (χ1v) is 4.38. The van der Waals surface area contributed by atoms with Gasteiger partial charge in [-0.2, -0.15) is 4.39 Å². The summed E-state index contributed by atoms with van der Waals surface area (Å²) in [4.78, 5) is 9.32. The maximum atomic E-state index is 12.9. The van der Waals surface area contributed by atoms with Gasteiger partial charge >= 0.3 is 5.70 Å². The van der Waals surface area contributed by atoms with Crippen LogP contribution in [0.3, 0.4) is 0 Å². The molecule has 0 heterocycles. The number of hydrogen-bond donors (Lipinski definition) is 1. The molecule has 7 heteroatoms. The molecule has 2 atom stereocenters. The topological polar surface area (TPSA) is 63.4 Å². The molecule has 0 aromatic heterocycles. The summed E-state index contributed by atoms with van der Waals surface area (Å²) in [6.45, 7) is 0. The molecule has 0 bridgehead atoms. The van der Waals surface area contributed by atoms with Crippen molar-refractivity contribution in [3.8, 4) is 0 Å². The van der Waals surface area contributed by atoms with Crippen molar-refractivity contribution < 1.29 is 14.4 Å². The fourth-order valence-electron chi connectivity index (χ4n) is 0.814. The lowest BCUT2D eigenvalue weighted by Gasteiger charge is -2.22. The Hall–Kier alpha value is -0.460. The molecule has 1 N–H and O–H groups in total. The van der Waals surface area contributed by atoms with E-state index in [4.69, 9.17) is 11.6 Å². The third kappa shape index (κ3) is 2.07. The molecule has 1 aliphatic rings. The summed E-state index contributed by atoms with van der Waals surface area (Å²) in [5.74, 6) is -1.11. The van der Waals surface area contributed by atoms with Crippen LogP contribution in [0.5, 0.6) is 0 Å². The summed E-state index contributed by atoms with van der Waals surface area (Å²) >= 11 is 8.24. The summed E-state index contributed by atoms with van der Waals surface area (Å²) in [5, 5.41) is 18.5. The van der Waals surface area contributed by atoms with Gasteiger partial charge in [-0.3, -0.25) is 10.1 Å². The van der Waals surface area contributed by atoms with Crippen LogP contribution in [0.2, 0.25) is 0 Å². The van der Waals surface area contributed by atoms with Crippen molar-refractivity contribution in [1.82, 2.24) is 0 Å². The third-order valence-electron chi connectivity index (χ3n) is 1.46. The number of hydrogen-bond acceptors (Lipinski definition) is 3. The molecule has 0 radical (unpaired) electrons. The van der Waals surface area contributed by atoms with Crippen molar-refractivity contribution in [2.45, 2.75) is 9.89 Å². The molecule has 0 saturated carbocycles. The number of nitro groups is 1. The van der Waals surface area contributed by atoms with Gasteiger partial charge in [0, 0.05) is 12.2 Å². The van der Waals surface area contributed by atoms with E-state index in [1.807, 2.05) is 0 Å². The molecular formula is C6H4BrClFNO3. The van der Waals surface area contributed by atoms with Crippen LogP contribution in [0.25, 0.3) is 0 Å². The van der Waals surface area contributed by atoms with Gasteiger partial charge in [-0.15, -0.1) is 11.6 Å². The van der Waals surface area contributed by atoms with Gasteiger partial charge in [0.05, 0.1) is 4.92 Å². The van der Waals surface area contributed by atoms with E-state index in [0.29, 0.717) is 6.08 Å². The number of allylic oxidation sites excluding steroid dienone is 1. The molecular weight excluding hydrogens is 268 g/mol. The lowest BCUT2D eigenvalue weighted by Crippen LogP contribution is -2.32. The van der Waals surface area contributed by atoms with Crippen molar-refractivity contribution in [3.63, 3.8) is 0 Å². The Balaban J connectivity index is 3.08. The predicted molar refractivity (Wildman–Crippen MR) is 47.8 cm³/mol. The van der Waals surface area contributed by atoms with Crippen LogP contribution in [0.15, 0.2) is 23.7 Å². The number of halogens is 3. The molecule has 0 aromatic carbocycles. The van der Waals surface area contributed by atoms with E-state index >= 15 is 0 Å². The Kier molecular flexibility index (Phi) is 2.74. The van der Waals surface area contributed by atoms with Crippen LogP contribution in [-0.4, -0.2) is 19.9 Å². The van der Waals surface area contributed by atoms with Crippen molar-refractivity contribution in [2.75, 3.05) is 0 Å². The van der Waals surface area contributed by atoms with Gasteiger partial charge in [0.2, 0.25) is 0 Å².